The molecular formula is C18H25NO2. The minimum atomic E-state index is -0.369. The molecule has 0 aliphatic heterocycles. The molecule has 1 aromatic rings. The number of benzene rings is 1. The van der Waals surface area contributed by atoms with E-state index in [9.17, 15) is 9.90 Å². The lowest BCUT2D eigenvalue weighted by Crippen LogP contribution is -2.52. The third-order valence-corrected chi connectivity index (χ3v) is 5.05. The average molecular weight is 287 g/mol. The Bertz CT molecular complexity index is 518. The molecule has 0 aromatic heterocycles. The van der Waals surface area contributed by atoms with Crippen LogP contribution in [0.5, 0.6) is 0 Å². The van der Waals surface area contributed by atoms with Gasteiger partial charge < -0.3 is 10.4 Å². The Labute approximate surface area is 126 Å². The molecule has 114 valence electrons. The molecule has 1 amide bonds. The Morgan fingerprint density at radius 3 is 2.62 bits per heavy atom. The molecule has 1 fully saturated rings. The van der Waals surface area contributed by atoms with Crippen molar-refractivity contribution in [1.29, 1.82) is 0 Å². The maximum absolute atomic E-state index is 12.3. The van der Waals surface area contributed by atoms with Crippen LogP contribution in [0.3, 0.4) is 0 Å². The highest BCUT2D eigenvalue weighted by Crippen LogP contribution is 2.28. The highest BCUT2D eigenvalue weighted by Gasteiger charge is 2.32. The van der Waals surface area contributed by atoms with Crippen LogP contribution in [0.2, 0.25) is 0 Å². The van der Waals surface area contributed by atoms with Crippen molar-refractivity contribution in [3.8, 4) is 0 Å². The van der Waals surface area contributed by atoms with Gasteiger partial charge in [-0.1, -0.05) is 37.5 Å². The first-order chi connectivity index (χ1) is 10.2. The highest BCUT2D eigenvalue weighted by atomic mass is 16.3. The van der Waals surface area contributed by atoms with Crippen molar-refractivity contribution >= 4 is 5.91 Å². The van der Waals surface area contributed by atoms with Crippen LogP contribution >= 0.6 is 0 Å². The number of aliphatic hydroxyl groups is 1. The second kappa shape index (κ2) is 6.18. The first-order valence-corrected chi connectivity index (χ1v) is 8.23. The van der Waals surface area contributed by atoms with Crippen LogP contribution in [0, 0.1) is 0 Å². The maximum Gasteiger partial charge on any atom is 0.224 e. The van der Waals surface area contributed by atoms with E-state index in [1.807, 2.05) is 0 Å². The van der Waals surface area contributed by atoms with E-state index in [0.29, 0.717) is 6.42 Å². The Morgan fingerprint density at radius 1 is 1.10 bits per heavy atom. The van der Waals surface area contributed by atoms with Crippen LogP contribution in [-0.4, -0.2) is 23.2 Å². The normalized spacial score (nSPS) is 20.0. The second-order valence-electron chi connectivity index (χ2n) is 6.68. The summed E-state index contributed by atoms with van der Waals surface area (Å²) in [6.07, 6.45) is 9.19. The predicted molar refractivity (Wildman–Crippen MR) is 83.2 cm³/mol. The van der Waals surface area contributed by atoms with Gasteiger partial charge in [0, 0.05) is 0 Å². The van der Waals surface area contributed by atoms with Gasteiger partial charge in [0.05, 0.1) is 18.6 Å². The minimum Gasteiger partial charge on any atom is -0.394 e. The van der Waals surface area contributed by atoms with Crippen LogP contribution in [0.1, 0.15) is 55.2 Å². The maximum atomic E-state index is 12.3. The minimum absolute atomic E-state index is 0.0453. The second-order valence-corrected chi connectivity index (χ2v) is 6.68. The van der Waals surface area contributed by atoms with E-state index < -0.39 is 0 Å². The number of hydrogen-bond acceptors (Lipinski definition) is 2. The van der Waals surface area contributed by atoms with Gasteiger partial charge in [-0.05, 0) is 48.8 Å². The SMILES string of the molecule is O=C(Cc1ccc2c(c1)CCC2)NC1(CO)CCCCC1. The smallest absolute Gasteiger partial charge is 0.224 e. The van der Waals surface area contributed by atoms with Crippen molar-refractivity contribution in [2.24, 2.45) is 0 Å². The number of carbonyl (C=O) groups is 1. The van der Waals surface area contributed by atoms with Crippen molar-refractivity contribution in [1.82, 2.24) is 5.32 Å². The van der Waals surface area contributed by atoms with Gasteiger partial charge in [-0.2, -0.15) is 0 Å². The predicted octanol–water partition coefficient (Wildman–Crippen LogP) is 2.53. The van der Waals surface area contributed by atoms with Gasteiger partial charge in [0.1, 0.15) is 0 Å². The largest absolute Gasteiger partial charge is 0.394 e. The molecule has 2 aliphatic rings. The first kappa shape index (κ1) is 14.6. The summed E-state index contributed by atoms with van der Waals surface area (Å²) in [7, 11) is 0. The molecule has 0 saturated heterocycles. The topological polar surface area (TPSA) is 49.3 Å². The number of amides is 1. The van der Waals surface area contributed by atoms with Crippen molar-refractivity contribution in [2.45, 2.75) is 63.3 Å². The lowest BCUT2D eigenvalue weighted by molar-refractivity contribution is -0.123. The number of carbonyl (C=O) groups excluding carboxylic acids is 1. The third-order valence-electron chi connectivity index (χ3n) is 5.05. The number of hydrogen-bond donors (Lipinski definition) is 2. The van der Waals surface area contributed by atoms with Crippen LogP contribution in [0.15, 0.2) is 18.2 Å². The molecule has 1 saturated carbocycles. The fraction of sp³-hybridized carbons (Fsp3) is 0.611. The zero-order chi connectivity index (χ0) is 14.7. The molecule has 2 aliphatic carbocycles. The molecule has 3 rings (SSSR count). The molecule has 0 atom stereocenters. The summed E-state index contributed by atoms with van der Waals surface area (Å²) < 4.78 is 0. The fourth-order valence-electron chi connectivity index (χ4n) is 3.81. The lowest BCUT2D eigenvalue weighted by Gasteiger charge is -2.36. The summed E-state index contributed by atoms with van der Waals surface area (Å²) in [5.74, 6) is 0.0453. The van der Waals surface area contributed by atoms with E-state index in [4.69, 9.17) is 0 Å². The molecule has 1 aromatic carbocycles. The first-order valence-electron chi connectivity index (χ1n) is 8.23. The van der Waals surface area contributed by atoms with Gasteiger partial charge >= 0.3 is 0 Å². The van der Waals surface area contributed by atoms with Gasteiger partial charge in [0.25, 0.3) is 0 Å². The number of nitrogens with one attached hydrogen (secondary N) is 1. The average Bonchev–Trinajstić information content (AvgIpc) is 2.95. The zero-order valence-corrected chi connectivity index (χ0v) is 12.7. The standard InChI is InChI=1S/C18H25NO2/c20-13-18(9-2-1-3-10-18)19-17(21)12-14-7-8-15-5-4-6-16(15)11-14/h7-8,11,20H,1-6,9-10,12-13H2,(H,19,21). The molecule has 0 spiro atoms. The summed E-state index contributed by atoms with van der Waals surface area (Å²) in [5.41, 5.74) is 3.58. The third kappa shape index (κ3) is 3.29. The summed E-state index contributed by atoms with van der Waals surface area (Å²) in [4.78, 5) is 12.3. The van der Waals surface area contributed by atoms with E-state index in [-0.39, 0.29) is 18.1 Å². The quantitative estimate of drug-likeness (QED) is 0.894. The molecule has 0 radical (unpaired) electrons. The van der Waals surface area contributed by atoms with Crippen molar-refractivity contribution in [3.63, 3.8) is 0 Å². The Hall–Kier alpha value is -1.35. The van der Waals surface area contributed by atoms with E-state index >= 15 is 0 Å². The van der Waals surface area contributed by atoms with E-state index in [1.165, 1.54) is 30.4 Å². The number of rotatable bonds is 4. The van der Waals surface area contributed by atoms with Gasteiger partial charge in [-0.15, -0.1) is 0 Å². The van der Waals surface area contributed by atoms with Crippen molar-refractivity contribution in [3.05, 3.63) is 34.9 Å². The summed E-state index contributed by atoms with van der Waals surface area (Å²) in [6.45, 7) is 0.0585. The number of aliphatic hydroxyl groups excluding tert-OH is 1. The monoisotopic (exact) mass is 287 g/mol. The van der Waals surface area contributed by atoms with Crippen LogP contribution in [0.25, 0.3) is 0 Å². The summed E-state index contributed by atoms with van der Waals surface area (Å²) >= 11 is 0. The number of fused-ring (bicyclic) bond motifs is 1. The van der Waals surface area contributed by atoms with Crippen LogP contribution < -0.4 is 5.32 Å². The van der Waals surface area contributed by atoms with Gasteiger partial charge in [-0.3, -0.25) is 4.79 Å². The molecule has 0 heterocycles. The Balaban J connectivity index is 1.63. The van der Waals surface area contributed by atoms with Gasteiger partial charge in [0.2, 0.25) is 5.91 Å². The van der Waals surface area contributed by atoms with Gasteiger partial charge in [-0.25, -0.2) is 0 Å². The molecule has 0 unspecified atom stereocenters. The molecule has 2 N–H and O–H groups in total. The molecule has 21 heavy (non-hydrogen) atoms. The zero-order valence-electron chi connectivity index (χ0n) is 12.7. The summed E-state index contributed by atoms with van der Waals surface area (Å²) in [6, 6.07) is 6.44. The van der Waals surface area contributed by atoms with Crippen LogP contribution in [-0.2, 0) is 24.1 Å². The fourth-order valence-corrected chi connectivity index (χ4v) is 3.81. The van der Waals surface area contributed by atoms with Gasteiger partial charge in [0.15, 0.2) is 0 Å². The summed E-state index contributed by atoms with van der Waals surface area (Å²) in [5, 5.41) is 12.8. The molecule has 3 heteroatoms. The van der Waals surface area contributed by atoms with Crippen LogP contribution in [0.4, 0.5) is 0 Å². The molecule has 3 nitrogen and oxygen atoms in total. The molecule has 0 bridgehead atoms. The van der Waals surface area contributed by atoms with E-state index in [2.05, 4.69) is 23.5 Å². The Kier molecular flexibility index (Phi) is 4.29. The number of aryl methyl sites for hydroxylation is 2. The molecular weight excluding hydrogens is 262 g/mol. The van der Waals surface area contributed by atoms with E-state index in [0.717, 1.165) is 37.7 Å². The van der Waals surface area contributed by atoms with Crippen molar-refractivity contribution < 1.29 is 9.90 Å². The van der Waals surface area contributed by atoms with Crippen molar-refractivity contribution in [2.75, 3.05) is 6.61 Å². The Morgan fingerprint density at radius 2 is 1.86 bits per heavy atom. The highest BCUT2D eigenvalue weighted by molar-refractivity contribution is 5.79. The lowest BCUT2D eigenvalue weighted by atomic mass is 9.82. The van der Waals surface area contributed by atoms with E-state index in [1.54, 1.807) is 0 Å².